The number of nitrogens with two attached hydrogens (primary N) is 1. The number of hydrogen-bond acceptors (Lipinski definition) is 4. The van der Waals surface area contributed by atoms with Crippen molar-refractivity contribution in [1.82, 2.24) is 15.1 Å². The van der Waals surface area contributed by atoms with Crippen molar-refractivity contribution in [3.05, 3.63) is 11.9 Å². The Morgan fingerprint density at radius 2 is 2.56 bits per heavy atom. The van der Waals surface area contributed by atoms with Gasteiger partial charge in [0, 0.05) is 20.2 Å². The maximum Gasteiger partial charge on any atom is 0.274 e. The third kappa shape index (κ3) is 2.01. The molecular formula is C10H16N4O2. The number of hydrogen-bond donors (Lipinski definition) is 2. The number of likely N-dealkylation sites (tertiary alicyclic amines) is 1. The van der Waals surface area contributed by atoms with E-state index in [4.69, 9.17) is 10.5 Å². The van der Waals surface area contributed by atoms with Gasteiger partial charge in [-0.1, -0.05) is 0 Å². The highest BCUT2D eigenvalue weighted by Crippen LogP contribution is 2.16. The number of amides is 1. The Kier molecular flexibility index (Phi) is 3.09. The summed E-state index contributed by atoms with van der Waals surface area (Å²) in [5, 5.41) is 6.38. The molecule has 1 aliphatic rings. The third-order valence-corrected chi connectivity index (χ3v) is 2.88. The second-order valence-electron chi connectivity index (χ2n) is 3.95. The van der Waals surface area contributed by atoms with Crippen molar-refractivity contribution < 1.29 is 9.53 Å². The van der Waals surface area contributed by atoms with Crippen molar-refractivity contribution in [2.45, 2.75) is 18.9 Å². The van der Waals surface area contributed by atoms with E-state index in [-0.39, 0.29) is 12.0 Å². The Morgan fingerprint density at radius 3 is 3.19 bits per heavy atom. The fourth-order valence-corrected chi connectivity index (χ4v) is 1.94. The minimum Gasteiger partial charge on any atom is -0.396 e. The molecule has 1 aromatic rings. The SMILES string of the molecule is COC1CCCN(C(=O)c2[nH]ncc2N)C1. The fraction of sp³-hybridized carbons (Fsp3) is 0.600. The lowest BCUT2D eigenvalue weighted by atomic mass is 10.1. The Bertz CT molecular complexity index is 377. The average molecular weight is 224 g/mol. The summed E-state index contributed by atoms with van der Waals surface area (Å²) in [5.74, 6) is -0.100. The highest BCUT2D eigenvalue weighted by molar-refractivity contribution is 5.97. The number of carbonyl (C=O) groups excluding carboxylic acids is 1. The molecule has 1 saturated heterocycles. The number of aromatic amines is 1. The first-order valence-electron chi connectivity index (χ1n) is 5.33. The Balaban J connectivity index is 2.07. The van der Waals surface area contributed by atoms with Gasteiger partial charge < -0.3 is 15.4 Å². The number of anilines is 1. The molecule has 1 fully saturated rings. The van der Waals surface area contributed by atoms with Gasteiger partial charge in [-0.05, 0) is 12.8 Å². The number of piperidine rings is 1. The number of carbonyl (C=O) groups is 1. The quantitative estimate of drug-likeness (QED) is 0.753. The van der Waals surface area contributed by atoms with Gasteiger partial charge >= 0.3 is 0 Å². The summed E-state index contributed by atoms with van der Waals surface area (Å²) in [6, 6.07) is 0. The van der Waals surface area contributed by atoms with Gasteiger partial charge in [-0.15, -0.1) is 0 Å². The molecule has 88 valence electrons. The normalized spacial score (nSPS) is 21.1. The average Bonchev–Trinajstić information content (AvgIpc) is 2.74. The van der Waals surface area contributed by atoms with Crippen LogP contribution < -0.4 is 5.73 Å². The second kappa shape index (κ2) is 4.52. The maximum atomic E-state index is 12.1. The van der Waals surface area contributed by atoms with Crippen molar-refractivity contribution in [1.29, 1.82) is 0 Å². The Labute approximate surface area is 93.8 Å². The van der Waals surface area contributed by atoms with E-state index >= 15 is 0 Å². The highest BCUT2D eigenvalue weighted by atomic mass is 16.5. The van der Waals surface area contributed by atoms with E-state index in [1.807, 2.05) is 0 Å². The summed E-state index contributed by atoms with van der Waals surface area (Å²) in [6.45, 7) is 1.37. The molecule has 0 saturated carbocycles. The van der Waals surface area contributed by atoms with Crippen molar-refractivity contribution in [3.8, 4) is 0 Å². The van der Waals surface area contributed by atoms with Gasteiger partial charge in [0.2, 0.25) is 0 Å². The first-order valence-corrected chi connectivity index (χ1v) is 5.33. The van der Waals surface area contributed by atoms with E-state index in [2.05, 4.69) is 10.2 Å². The van der Waals surface area contributed by atoms with Gasteiger partial charge in [0.05, 0.1) is 18.0 Å². The zero-order valence-corrected chi connectivity index (χ0v) is 9.27. The van der Waals surface area contributed by atoms with E-state index in [9.17, 15) is 4.79 Å². The standard InChI is InChI=1S/C10H16N4O2/c1-16-7-3-2-4-14(6-7)10(15)9-8(11)5-12-13-9/h5,7H,2-4,6,11H2,1H3,(H,12,13). The van der Waals surface area contributed by atoms with Crippen LogP contribution in [0.5, 0.6) is 0 Å². The number of methoxy groups -OCH3 is 1. The molecular weight excluding hydrogens is 208 g/mol. The van der Waals surface area contributed by atoms with E-state index in [1.54, 1.807) is 12.0 Å². The number of nitrogens with one attached hydrogen (secondary N) is 1. The van der Waals surface area contributed by atoms with Crippen molar-refractivity contribution in [3.63, 3.8) is 0 Å². The molecule has 1 amide bonds. The van der Waals surface area contributed by atoms with Crippen LogP contribution in [0.1, 0.15) is 23.3 Å². The van der Waals surface area contributed by atoms with E-state index in [1.165, 1.54) is 6.20 Å². The lowest BCUT2D eigenvalue weighted by molar-refractivity contribution is 0.0266. The van der Waals surface area contributed by atoms with Crippen LogP contribution in [0.25, 0.3) is 0 Å². The van der Waals surface area contributed by atoms with Gasteiger partial charge in [0.1, 0.15) is 5.69 Å². The summed E-state index contributed by atoms with van der Waals surface area (Å²) in [7, 11) is 1.67. The van der Waals surface area contributed by atoms with Crippen LogP contribution in [0.3, 0.4) is 0 Å². The summed E-state index contributed by atoms with van der Waals surface area (Å²) in [4.78, 5) is 13.8. The van der Waals surface area contributed by atoms with Crippen molar-refractivity contribution >= 4 is 11.6 Å². The monoisotopic (exact) mass is 224 g/mol. The molecule has 3 N–H and O–H groups in total. The largest absolute Gasteiger partial charge is 0.396 e. The van der Waals surface area contributed by atoms with Crippen LogP contribution in [0.4, 0.5) is 5.69 Å². The zero-order chi connectivity index (χ0) is 11.5. The van der Waals surface area contributed by atoms with Gasteiger partial charge in [0.15, 0.2) is 0 Å². The lowest BCUT2D eigenvalue weighted by Crippen LogP contribution is -2.43. The molecule has 0 spiro atoms. The van der Waals surface area contributed by atoms with Gasteiger partial charge in [-0.2, -0.15) is 5.10 Å². The van der Waals surface area contributed by atoms with Crippen LogP contribution in [-0.2, 0) is 4.74 Å². The zero-order valence-electron chi connectivity index (χ0n) is 9.27. The number of ether oxygens (including phenoxy) is 1. The molecule has 1 aliphatic heterocycles. The molecule has 0 aliphatic carbocycles. The van der Waals surface area contributed by atoms with Crippen LogP contribution in [0, 0.1) is 0 Å². The molecule has 1 aromatic heterocycles. The van der Waals surface area contributed by atoms with Crippen LogP contribution in [0.2, 0.25) is 0 Å². The molecule has 16 heavy (non-hydrogen) atoms. The fourth-order valence-electron chi connectivity index (χ4n) is 1.94. The number of nitrogen functional groups attached to an aromatic ring is 1. The number of aromatic nitrogens is 2. The first-order chi connectivity index (χ1) is 7.72. The molecule has 1 atom stereocenters. The highest BCUT2D eigenvalue weighted by Gasteiger charge is 2.26. The van der Waals surface area contributed by atoms with Gasteiger partial charge in [-0.25, -0.2) is 0 Å². The minimum atomic E-state index is -0.100. The Morgan fingerprint density at radius 1 is 1.75 bits per heavy atom. The van der Waals surface area contributed by atoms with Crippen LogP contribution in [0.15, 0.2) is 6.20 Å². The number of rotatable bonds is 2. The summed E-state index contributed by atoms with van der Waals surface area (Å²) in [5.41, 5.74) is 6.41. The molecule has 6 nitrogen and oxygen atoms in total. The predicted molar refractivity (Wildman–Crippen MR) is 58.9 cm³/mol. The molecule has 0 aromatic carbocycles. The maximum absolute atomic E-state index is 12.1. The first kappa shape index (κ1) is 10.9. The molecule has 2 rings (SSSR count). The van der Waals surface area contributed by atoms with Gasteiger partial charge in [0.25, 0.3) is 5.91 Å². The molecule has 0 bridgehead atoms. The van der Waals surface area contributed by atoms with E-state index in [0.29, 0.717) is 17.9 Å². The van der Waals surface area contributed by atoms with Crippen LogP contribution in [-0.4, -0.2) is 47.3 Å². The van der Waals surface area contributed by atoms with E-state index in [0.717, 1.165) is 19.4 Å². The molecule has 1 unspecified atom stereocenters. The third-order valence-electron chi connectivity index (χ3n) is 2.88. The Hall–Kier alpha value is -1.56. The lowest BCUT2D eigenvalue weighted by Gasteiger charge is -2.31. The van der Waals surface area contributed by atoms with Crippen molar-refractivity contribution in [2.24, 2.45) is 0 Å². The molecule has 0 radical (unpaired) electrons. The molecule has 6 heteroatoms. The number of H-pyrrole nitrogens is 1. The van der Waals surface area contributed by atoms with Gasteiger partial charge in [-0.3, -0.25) is 9.89 Å². The smallest absolute Gasteiger partial charge is 0.274 e. The van der Waals surface area contributed by atoms with Crippen LogP contribution >= 0.6 is 0 Å². The minimum absolute atomic E-state index is 0.100. The summed E-state index contributed by atoms with van der Waals surface area (Å²) >= 11 is 0. The predicted octanol–water partition coefficient (Wildman–Crippen LogP) is 0.243. The second-order valence-corrected chi connectivity index (χ2v) is 3.95. The number of nitrogens with zero attached hydrogens (tertiary/aromatic N) is 2. The summed E-state index contributed by atoms with van der Waals surface area (Å²) < 4.78 is 5.27. The van der Waals surface area contributed by atoms with E-state index < -0.39 is 0 Å². The topological polar surface area (TPSA) is 84.2 Å². The van der Waals surface area contributed by atoms with Crippen molar-refractivity contribution in [2.75, 3.05) is 25.9 Å². The molecule has 2 heterocycles. The summed E-state index contributed by atoms with van der Waals surface area (Å²) in [6.07, 6.45) is 3.53.